The first-order valence-corrected chi connectivity index (χ1v) is 4.84. The molecule has 0 unspecified atom stereocenters. The van der Waals surface area contributed by atoms with Crippen LogP contribution in [0.25, 0.3) is 0 Å². The topological polar surface area (TPSA) is 51.0 Å². The number of nitrogens with one attached hydrogen (secondary N) is 1. The normalized spacial score (nSPS) is 22.8. The van der Waals surface area contributed by atoms with Crippen LogP contribution in [0.1, 0.15) is 50.4 Å². The van der Waals surface area contributed by atoms with Gasteiger partial charge in [-0.05, 0) is 19.4 Å². The molecule has 1 N–H and O–H groups in total. The Morgan fingerprint density at radius 3 is 2.92 bits per heavy atom. The highest BCUT2D eigenvalue weighted by atomic mass is 16.5. The maximum Gasteiger partial charge on any atom is 0.243 e. The zero-order valence-corrected chi connectivity index (χ0v) is 8.08. The third-order valence-corrected chi connectivity index (χ3v) is 2.33. The van der Waals surface area contributed by atoms with E-state index in [-0.39, 0.29) is 0 Å². The summed E-state index contributed by atoms with van der Waals surface area (Å²) >= 11 is 0. The van der Waals surface area contributed by atoms with E-state index in [1.165, 1.54) is 6.42 Å². The molecule has 0 bridgehead atoms. The molecule has 1 saturated heterocycles. The first-order chi connectivity index (χ1) is 6.27. The van der Waals surface area contributed by atoms with Crippen molar-refractivity contribution in [3.05, 3.63) is 11.7 Å². The highest BCUT2D eigenvalue weighted by Gasteiger charge is 2.22. The summed E-state index contributed by atoms with van der Waals surface area (Å²) in [5.74, 6) is 1.91. The van der Waals surface area contributed by atoms with Crippen LogP contribution in [0.5, 0.6) is 0 Å². The Bertz CT molecular complexity index is 276. The molecule has 1 aromatic rings. The summed E-state index contributed by atoms with van der Waals surface area (Å²) in [5.41, 5.74) is 0. The Hall–Kier alpha value is -0.900. The Kier molecular flexibility index (Phi) is 2.31. The van der Waals surface area contributed by atoms with Crippen LogP contribution >= 0.6 is 0 Å². The zero-order valence-electron chi connectivity index (χ0n) is 8.08. The van der Waals surface area contributed by atoms with Gasteiger partial charge in [-0.3, -0.25) is 0 Å². The SMILES string of the molecule is CC(C)c1noc([C@H]2CCCN2)n1. The molecular weight excluding hydrogens is 166 g/mol. The maximum atomic E-state index is 5.19. The van der Waals surface area contributed by atoms with E-state index < -0.39 is 0 Å². The summed E-state index contributed by atoms with van der Waals surface area (Å²) in [6.45, 7) is 5.19. The molecule has 1 aliphatic heterocycles. The van der Waals surface area contributed by atoms with Crippen LogP contribution in [0.4, 0.5) is 0 Å². The number of rotatable bonds is 2. The van der Waals surface area contributed by atoms with Gasteiger partial charge in [-0.1, -0.05) is 19.0 Å². The minimum absolute atomic E-state index is 0.292. The summed E-state index contributed by atoms with van der Waals surface area (Å²) in [6.07, 6.45) is 2.31. The molecule has 2 heterocycles. The van der Waals surface area contributed by atoms with Gasteiger partial charge in [0.05, 0.1) is 6.04 Å². The lowest BCUT2D eigenvalue weighted by Gasteiger charge is -2.01. The lowest BCUT2D eigenvalue weighted by Crippen LogP contribution is -2.13. The quantitative estimate of drug-likeness (QED) is 0.753. The second kappa shape index (κ2) is 3.46. The van der Waals surface area contributed by atoms with E-state index in [1.54, 1.807) is 0 Å². The van der Waals surface area contributed by atoms with Crippen LogP contribution < -0.4 is 5.32 Å². The van der Waals surface area contributed by atoms with Gasteiger partial charge < -0.3 is 9.84 Å². The van der Waals surface area contributed by atoms with Crippen molar-refractivity contribution >= 4 is 0 Å². The molecule has 1 fully saturated rings. The smallest absolute Gasteiger partial charge is 0.243 e. The summed E-state index contributed by atoms with van der Waals surface area (Å²) < 4.78 is 5.19. The van der Waals surface area contributed by atoms with E-state index in [0.717, 1.165) is 24.7 Å². The average molecular weight is 181 g/mol. The number of hydrogen-bond donors (Lipinski definition) is 1. The maximum absolute atomic E-state index is 5.19. The third-order valence-electron chi connectivity index (χ3n) is 2.33. The lowest BCUT2D eigenvalue weighted by atomic mass is 10.2. The van der Waals surface area contributed by atoms with Gasteiger partial charge in [0.15, 0.2) is 5.82 Å². The number of hydrogen-bond acceptors (Lipinski definition) is 4. The van der Waals surface area contributed by atoms with Gasteiger partial charge in [-0.2, -0.15) is 4.98 Å². The van der Waals surface area contributed by atoms with E-state index in [9.17, 15) is 0 Å². The number of nitrogens with zero attached hydrogens (tertiary/aromatic N) is 2. The summed E-state index contributed by atoms with van der Waals surface area (Å²) in [6, 6.07) is 0.292. The molecule has 4 heteroatoms. The van der Waals surface area contributed by atoms with Gasteiger partial charge >= 0.3 is 0 Å². The summed E-state index contributed by atoms with van der Waals surface area (Å²) in [5, 5.41) is 7.26. The molecule has 0 aliphatic carbocycles. The van der Waals surface area contributed by atoms with Crippen molar-refractivity contribution in [1.82, 2.24) is 15.5 Å². The van der Waals surface area contributed by atoms with E-state index in [0.29, 0.717) is 12.0 Å². The van der Waals surface area contributed by atoms with Gasteiger partial charge in [-0.15, -0.1) is 0 Å². The van der Waals surface area contributed by atoms with Gasteiger partial charge in [0.1, 0.15) is 0 Å². The predicted molar refractivity (Wildman–Crippen MR) is 48.4 cm³/mol. The van der Waals surface area contributed by atoms with Crippen LogP contribution in [-0.2, 0) is 0 Å². The Labute approximate surface area is 77.7 Å². The second-order valence-corrected chi connectivity index (χ2v) is 3.79. The standard InChI is InChI=1S/C9H15N3O/c1-6(2)8-11-9(13-12-8)7-4-3-5-10-7/h6-7,10H,3-5H2,1-2H3/t7-/m1/s1. The number of aromatic nitrogens is 2. The van der Waals surface area contributed by atoms with E-state index in [2.05, 4.69) is 29.3 Å². The van der Waals surface area contributed by atoms with Gasteiger partial charge in [0, 0.05) is 5.92 Å². The molecule has 4 nitrogen and oxygen atoms in total. The Morgan fingerprint density at radius 2 is 2.38 bits per heavy atom. The van der Waals surface area contributed by atoms with Gasteiger partial charge in [-0.25, -0.2) is 0 Å². The molecule has 1 aliphatic rings. The lowest BCUT2D eigenvalue weighted by molar-refractivity contribution is 0.340. The van der Waals surface area contributed by atoms with Crippen molar-refractivity contribution < 1.29 is 4.52 Å². The molecule has 1 atom stereocenters. The molecule has 0 spiro atoms. The monoisotopic (exact) mass is 181 g/mol. The highest BCUT2D eigenvalue weighted by molar-refractivity contribution is 4.97. The van der Waals surface area contributed by atoms with E-state index in [4.69, 9.17) is 4.52 Å². The fourth-order valence-electron chi connectivity index (χ4n) is 1.52. The van der Waals surface area contributed by atoms with Crippen LogP contribution in [0.15, 0.2) is 4.52 Å². The Balaban J connectivity index is 2.12. The van der Waals surface area contributed by atoms with Crippen LogP contribution in [0.2, 0.25) is 0 Å². The minimum Gasteiger partial charge on any atom is -0.338 e. The van der Waals surface area contributed by atoms with E-state index in [1.807, 2.05) is 0 Å². The predicted octanol–water partition coefficient (Wildman–Crippen LogP) is 1.62. The van der Waals surface area contributed by atoms with Crippen molar-refractivity contribution in [1.29, 1.82) is 0 Å². The van der Waals surface area contributed by atoms with Gasteiger partial charge in [0.25, 0.3) is 0 Å². The van der Waals surface area contributed by atoms with Crippen LogP contribution in [-0.4, -0.2) is 16.7 Å². The first-order valence-electron chi connectivity index (χ1n) is 4.84. The molecule has 1 aromatic heterocycles. The largest absolute Gasteiger partial charge is 0.338 e. The van der Waals surface area contributed by atoms with Crippen molar-refractivity contribution in [3.8, 4) is 0 Å². The molecule has 0 radical (unpaired) electrons. The fourth-order valence-corrected chi connectivity index (χ4v) is 1.52. The summed E-state index contributed by atoms with van der Waals surface area (Å²) in [4.78, 5) is 4.35. The van der Waals surface area contributed by atoms with Crippen molar-refractivity contribution in [3.63, 3.8) is 0 Å². The molecule has 2 rings (SSSR count). The van der Waals surface area contributed by atoms with Crippen molar-refractivity contribution in [2.75, 3.05) is 6.54 Å². The fraction of sp³-hybridized carbons (Fsp3) is 0.778. The second-order valence-electron chi connectivity index (χ2n) is 3.79. The van der Waals surface area contributed by atoms with E-state index >= 15 is 0 Å². The molecule has 0 amide bonds. The molecule has 0 saturated carbocycles. The molecule has 0 aromatic carbocycles. The van der Waals surface area contributed by atoms with Crippen molar-refractivity contribution in [2.45, 2.75) is 38.6 Å². The van der Waals surface area contributed by atoms with Crippen LogP contribution in [0, 0.1) is 0 Å². The molecular formula is C9H15N3O. The highest BCUT2D eigenvalue weighted by Crippen LogP contribution is 2.22. The summed E-state index contributed by atoms with van der Waals surface area (Å²) in [7, 11) is 0. The molecule has 13 heavy (non-hydrogen) atoms. The third kappa shape index (κ3) is 1.72. The average Bonchev–Trinajstić information content (AvgIpc) is 2.75. The van der Waals surface area contributed by atoms with Crippen molar-refractivity contribution in [2.24, 2.45) is 0 Å². The van der Waals surface area contributed by atoms with Gasteiger partial charge in [0.2, 0.25) is 5.89 Å². The minimum atomic E-state index is 0.292. The van der Waals surface area contributed by atoms with Crippen LogP contribution in [0.3, 0.4) is 0 Å². The molecule has 72 valence electrons. The zero-order chi connectivity index (χ0) is 9.26. The first kappa shape index (κ1) is 8.69. The Morgan fingerprint density at radius 1 is 1.54 bits per heavy atom.